The maximum absolute atomic E-state index is 13.0. The van der Waals surface area contributed by atoms with Crippen LogP contribution < -0.4 is 0 Å². The molecule has 1 aliphatic rings. The fraction of sp³-hybridized carbons (Fsp3) is 0.0769. The minimum absolute atomic E-state index is 0. The van der Waals surface area contributed by atoms with E-state index in [9.17, 15) is 4.39 Å². The summed E-state index contributed by atoms with van der Waals surface area (Å²) in [6.45, 7) is 3.91. The second-order valence-electron chi connectivity index (χ2n) is 3.50. The molecule has 0 spiro atoms. The third kappa shape index (κ3) is 3.15. The van der Waals surface area contributed by atoms with E-state index in [4.69, 9.17) is 0 Å². The molecule has 4 heteroatoms. The van der Waals surface area contributed by atoms with E-state index in [1.165, 1.54) is 12.1 Å². The van der Waals surface area contributed by atoms with Gasteiger partial charge in [0.25, 0.3) is 0 Å². The smallest absolute Gasteiger partial charge is 0.122 e. The van der Waals surface area contributed by atoms with Gasteiger partial charge in [-0.15, -0.1) is 12.1 Å². The summed E-state index contributed by atoms with van der Waals surface area (Å²) in [5.41, 5.74) is 2.65. The van der Waals surface area contributed by atoms with Gasteiger partial charge in [0, 0.05) is 39.8 Å². The van der Waals surface area contributed by atoms with E-state index in [2.05, 4.69) is 28.6 Å². The zero-order chi connectivity index (χ0) is 11.7. The van der Waals surface area contributed by atoms with Crippen molar-refractivity contribution in [1.29, 1.82) is 0 Å². The van der Waals surface area contributed by atoms with Crippen molar-refractivity contribution in [3.8, 4) is 0 Å². The Morgan fingerprint density at radius 1 is 1.41 bits per heavy atom. The van der Waals surface area contributed by atoms with E-state index in [0.717, 1.165) is 17.0 Å². The summed E-state index contributed by atoms with van der Waals surface area (Å²) in [5, 5.41) is 0. The number of nitrogens with zero attached hydrogens (tertiary/aromatic N) is 1. The normalized spacial score (nSPS) is 14.4. The van der Waals surface area contributed by atoms with Crippen LogP contribution >= 0.6 is 15.9 Å². The average Bonchev–Trinajstić information content (AvgIpc) is 2.23. The van der Waals surface area contributed by atoms with Gasteiger partial charge in [-0.25, -0.2) is 4.39 Å². The van der Waals surface area contributed by atoms with Gasteiger partial charge < -0.3 is 4.90 Å². The van der Waals surface area contributed by atoms with E-state index in [0.29, 0.717) is 4.47 Å². The van der Waals surface area contributed by atoms with Gasteiger partial charge in [0.05, 0.1) is 0 Å². The fourth-order valence-corrected chi connectivity index (χ4v) is 2.05. The largest absolute Gasteiger partial charge is 0.379 e. The first-order chi connectivity index (χ1) is 7.59. The van der Waals surface area contributed by atoms with Crippen LogP contribution in [0.5, 0.6) is 0 Å². The molecule has 0 N–H and O–H groups in total. The first kappa shape index (κ1) is 14.8. The van der Waals surface area contributed by atoms with Crippen molar-refractivity contribution in [2.24, 2.45) is 0 Å². The molecule has 1 nitrogen and oxygen atoms in total. The Morgan fingerprint density at radius 3 is 2.76 bits per heavy atom. The number of likely N-dealkylation sites (N-methyl/N-ethyl adjacent to an activating group) is 1. The van der Waals surface area contributed by atoms with Crippen LogP contribution in [0.3, 0.4) is 0 Å². The Kier molecular flexibility index (Phi) is 5.30. The van der Waals surface area contributed by atoms with Gasteiger partial charge in [0.2, 0.25) is 0 Å². The number of hydrogen-bond acceptors (Lipinski definition) is 1. The first-order valence-corrected chi connectivity index (χ1v) is 5.57. The summed E-state index contributed by atoms with van der Waals surface area (Å²) >= 11 is 3.35. The average molecular weight is 368 g/mol. The van der Waals surface area contributed by atoms with Crippen molar-refractivity contribution in [2.45, 2.75) is 0 Å². The molecule has 0 saturated carbocycles. The second-order valence-corrected chi connectivity index (χ2v) is 4.36. The number of allylic oxidation sites excluding steroid dienone is 3. The number of hydrogen-bond donors (Lipinski definition) is 0. The molecule has 1 aromatic rings. The molecule has 1 heterocycles. The van der Waals surface area contributed by atoms with Crippen molar-refractivity contribution in [1.82, 2.24) is 4.90 Å². The van der Waals surface area contributed by atoms with Crippen molar-refractivity contribution in [3.63, 3.8) is 0 Å². The van der Waals surface area contributed by atoms with Gasteiger partial charge in [0.1, 0.15) is 5.82 Å². The molecule has 1 aliphatic heterocycles. The summed E-state index contributed by atoms with van der Waals surface area (Å²) in [5.74, 6) is -0.260. The first-order valence-electron chi connectivity index (χ1n) is 4.77. The summed E-state index contributed by atoms with van der Waals surface area (Å²) < 4.78 is 13.7. The Morgan fingerprint density at radius 2 is 2.12 bits per heavy atom. The molecule has 2 rings (SSSR count). The van der Waals surface area contributed by atoms with Crippen LogP contribution in [0.2, 0.25) is 0 Å². The van der Waals surface area contributed by atoms with Crippen LogP contribution in [0, 0.1) is 11.9 Å². The summed E-state index contributed by atoms with van der Waals surface area (Å²) in [4.78, 5) is 1.91. The Labute approximate surface area is 134 Å². The maximum atomic E-state index is 13.0. The Bertz CT molecular complexity index is 508. The predicted octanol–water partition coefficient (Wildman–Crippen LogP) is 3.75. The molecule has 0 aromatic heterocycles. The monoisotopic (exact) mass is 367 g/mol. The van der Waals surface area contributed by atoms with Crippen molar-refractivity contribution >= 4 is 21.6 Å². The molecule has 0 saturated heterocycles. The molecule has 0 amide bonds. The summed E-state index contributed by atoms with van der Waals surface area (Å²) in [6.07, 6.45) is 6.81. The second kappa shape index (κ2) is 6.08. The number of benzene rings is 1. The van der Waals surface area contributed by atoms with Crippen LogP contribution in [0.25, 0.3) is 5.70 Å². The topological polar surface area (TPSA) is 3.24 Å². The predicted molar refractivity (Wildman–Crippen MR) is 66.8 cm³/mol. The van der Waals surface area contributed by atoms with Crippen LogP contribution in [-0.2, 0) is 32.7 Å². The molecule has 1 aromatic carbocycles. The van der Waals surface area contributed by atoms with E-state index in [1.807, 2.05) is 24.1 Å². The SMILES string of the molecule is C=C1C=C[C-]=C(c2ccc(F)cc2Br)N1C.[Y]. The quantitative estimate of drug-likeness (QED) is 0.683. The van der Waals surface area contributed by atoms with E-state index >= 15 is 0 Å². The molecule has 0 unspecified atom stereocenters. The van der Waals surface area contributed by atoms with Gasteiger partial charge in [-0.3, -0.25) is 0 Å². The molecule has 0 fully saturated rings. The minimum atomic E-state index is -0.260. The van der Waals surface area contributed by atoms with Gasteiger partial charge in [-0.1, -0.05) is 33.8 Å². The van der Waals surface area contributed by atoms with E-state index < -0.39 is 0 Å². The summed E-state index contributed by atoms with van der Waals surface area (Å²) in [7, 11) is 1.91. The molecule has 0 aliphatic carbocycles. The zero-order valence-electron chi connectivity index (χ0n) is 9.37. The van der Waals surface area contributed by atoms with Crippen molar-refractivity contribution < 1.29 is 37.1 Å². The van der Waals surface area contributed by atoms with Crippen LogP contribution in [0.4, 0.5) is 4.39 Å². The molecular weight excluding hydrogens is 358 g/mol. The van der Waals surface area contributed by atoms with Crippen LogP contribution in [0.15, 0.2) is 47.1 Å². The van der Waals surface area contributed by atoms with Crippen LogP contribution in [0.1, 0.15) is 5.56 Å². The third-order valence-electron chi connectivity index (χ3n) is 2.45. The van der Waals surface area contributed by atoms with Gasteiger partial charge in [-0.2, -0.15) is 12.2 Å². The van der Waals surface area contributed by atoms with Gasteiger partial charge in [0.15, 0.2) is 0 Å². The molecule has 0 atom stereocenters. The third-order valence-corrected chi connectivity index (χ3v) is 3.10. The number of halogens is 2. The zero-order valence-corrected chi connectivity index (χ0v) is 13.8. The summed E-state index contributed by atoms with van der Waals surface area (Å²) in [6, 6.07) is 4.60. The maximum Gasteiger partial charge on any atom is 0.122 e. The standard InChI is InChI=1S/C13H10BrFN.Y/c1-9-4-3-5-13(16(9)2)11-7-6-10(15)8-12(11)14;/h3-4,6-8H,1H2,2H3;/q-1;. The van der Waals surface area contributed by atoms with E-state index in [-0.39, 0.29) is 38.5 Å². The minimum Gasteiger partial charge on any atom is -0.379 e. The van der Waals surface area contributed by atoms with E-state index in [1.54, 1.807) is 6.07 Å². The molecule has 0 bridgehead atoms. The van der Waals surface area contributed by atoms with Crippen LogP contribution in [-0.4, -0.2) is 11.9 Å². The Hall–Kier alpha value is -0.246. The van der Waals surface area contributed by atoms with Crippen molar-refractivity contribution in [3.05, 3.63) is 64.6 Å². The Balaban J connectivity index is 0.00000144. The molecular formula is C13H10BrFNY-. The molecule has 85 valence electrons. The van der Waals surface area contributed by atoms with Gasteiger partial charge >= 0.3 is 0 Å². The molecule has 1 radical (unpaired) electrons. The molecule has 17 heavy (non-hydrogen) atoms. The fourth-order valence-electron chi connectivity index (χ4n) is 1.51. The number of rotatable bonds is 1. The van der Waals surface area contributed by atoms with Gasteiger partial charge in [-0.05, 0) is 22.3 Å². The van der Waals surface area contributed by atoms with Crippen molar-refractivity contribution in [2.75, 3.05) is 7.05 Å².